The van der Waals surface area contributed by atoms with Crippen molar-refractivity contribution in [3.63, 3.8) is 0 Å². The largest absolute Gasteiger partial charge is 0.355 e. The monoisotopic (exact) mass is 655 g/mol. The van der Waals surface area contributed by atoms with Crippen LogP contribution < -0.4 is 9.62 Å². The first-order valence-corrected chi connectivity index (χ1v) is 16.1. The highest BCUT2D eigenvalue weighted by atomic mass is 35.5. The Hall–Kier alpha value is -3.92. The molecule has 0 bridgehead atoms. The van der Waals surface area contributed by atoms with Crippen LogP contribution in [0, 0.1) is 12.7 Å². The summed E-state index contributed by atoms with van der Waals surface area (Å²) < 4.78 is 42.6. The number of rotatable bonds is 12. The molecule has 0 aliphatic heterocycles. The van der Waals surface area contributed by atoms with Crippen molar-refractivity contribution in [2.75, 3.05) is 17.4 Å². The van der Waals surface area contributed by atoms with Crippen LogP contribution in [0.25, 0.3) is 0 Å². The van der Waals surface area contributed by atoms with Crippen LogP contribution in [0.4, 0.5) is 10.1 Å². The van der Waals surface area contributed by atoms with Gasteiger partial charge in [0.2, 0.25) is 11.8 Å². The molecule has 230 valence electrons. The van der Waals surface area contributed by atoms with Crippen molar-refractivity contribution in [3.8, 4) is 0 Å². The highest BCUT2D eigenvalue weighted by Gasteiger charge is 2.35. The van der Waals surface area contributed by atoms with Crippen molar-refractivity contribution in [2.24, 2.45) is 0 Å². The normalized spacial score (nSPS) is 11.9. The fraction of sp³-hybridized carbons (Fsp3) is 0.212. The van der Waals surface area contributed by atoms with Crippen molar-refractivity contribution in [1.82, 2.24) is 10.2 Å². The molecule has 0 saturated carbocycles. The van der Waals surface area contributed by atoms with E-state index in [-0.39, 0.29) is 23.5 Å². The zero-order valence-electron chi connectivity index (χ0n) is 24.2. The molecular weight excluding hydrogens is 624 g/mol. The second-order valence-electron chi connectivity index (χ2n) is 10.1. The predicted octanol–water partition coefficient (Wildman–Crippen LogP) is 6.41. The predicted molar refractivity (Wildman–Crippen MR) is 172 cm³/mol. The van der Waals surface area contributed by atoms with Gasteiger partial charge in [0, 0.05) is 35.1 Å². The summed E-state index contributed by atoms with van der Waals surface area (Å²) in [5.74, 6) is -1.69. The maximum atomic E-state index is 14.4. The fourth-order valence-corrected chi connectivity index (χ4v) is 6.60. The third kappa shape index (κ3) is 7.96. The van der Waals surface area contributed by atoms with Crippen LogP contribution in [0.1, 0.15) is 23.6 Å². The van der Waals surface area contributed by atoms with Gasteiger partial charge in [0.15, 0.2) is 0 Å². The Labute approximate surface area is 267 Å². The Morgan fingerprint density at radius 3 is 2.07 bits per heavy atom. The number of anilines is 1. The zero-order valence-corrected chi connectivity index (χ0v) is 26.5. The van der Waals surface area contributed by atoms with Gasteiger partial charge in [-0.05, 0) is 67.9 Å². The summed E-state index contributed by atoms with van der Waals surface area (Å²) in [5, 5.41) is 3.38. The standard InChI is InChI=1S/C33H32Cl2FN3O4S/c1-3-37-33(41)31(20-24-8-5-4-6-9-24)38(21-28-29(34)10-7-11-30(28)35)32(40)22-39(26-16-12-23(2)13-17-26)44(42,43)27-18-14-25(36)15-19-27/h4-19,31H,3,20-22H2,1-2H3,(H,37,41)/t31-/m1/s1. The molecule has 0 aliphatic carbocycles. The Kier molecular flexibility index (Phi) is 11.0. The first-order valence-electron chi connectivity index (χ1n) is 13.9. The maximum absolute atomic E-state index is 14.4. The molecule has 0 unspecified atom stereocenters. The molecule has 44 heavy (non-hydrogen) atoms. The highest BCUT2D eigenvalue weighted by Crippen LogP contribution is 2.29. The molecule has 1 N–H and O–H groups in total. The van der Waals surface area contributed by atoms with E-state index in [1.807, 2.05) is 37.3 Å². The van der Waals surface area contributed by atoms with Gasteiger partial charge in [0.05, 0.1) is 10.6 Å². The van der Waals surface area contributed by atoms with Gasteiger partial charge in [0.25, 0.3) is 10.0 Å². The van der Waals surface area contributed by atoms with E-state index < -0.39 is 40.2 Å². The average Bonchev–Trinajstić information content (AvgIpc) is 3.00. The summed E-state index contributed by atoms with van der Waals surface area (Å²) in [6.45, 7) is 3.11. The fourth-order valence-electron chi connectivity index (χ4n) is 4.67. The number of likely N-dealkylation sites (N-methyl/N-ethyl adjacent to an activating group) is 1. The first kappa shape index (κ1) is 33.0. The molecule has 11 heteroatoms. The van der Waals surface area contributed by atoms with E-state index in [4.69, 9.17) is 23.2 Å². The molecule has 1 atom stereocenters. The Morgan fingerprint density at radius 2 is 1.48 bits per heavy atom. The summed E-state index contributed by atoms with van der Waals surface area (Å²) in [7, 11) is -4.35. The molecule has 2 amide bonds. The molecule has 0 aliphatic rings. The van der Waals surface area contributed by atoms with Crippen LogP contribution in [0.15, 0.2) is 102 Å². The summed E-state index contributed by atoms with van der Waals surface area (Å²) in [4.78, 5) is 29.1. The van der Waals surface area contributed by atoms with E-state index in [1.54, 1.807) is 49.4 Å². The SMILES string of the molecule is CCNC(=O)[C@@H](Cc1ccccc1)N(Cc1c(Cl)cccc1Cl)C(=O)CN(c1ccc(C)cc1)S(=O)(=O)c1ccc(F)cc1. The molecule has 0 spiro atoms. The second-order valence-corrected chi connectivity index (χ2v) is 12.8. The van der Waals surface area contributed by atoms with Gasteiger partial charge in [-0.25, -0.2) is 12.8 Å². The van der Waals surface area contributed by atoms with E-state index in [1.165, 1.54) is 4.90 Å². The number of aryl methyl sites for hydroxylation is 1. The molecular formula is C33H32Cl2FN3O4S. The van der Waals surface area contributed by atoms with E-state index in [9.17, 15) is 22.4 Å². The number of hydrogen-bond donors (Lipinski definition) is 1. The first-order chi connectivity index (χ1) is 21.0. The number of carbonyl (C=O) groups is 2. The minimum Gasteiger partial charge on any atom is -0.355 e. The topological polar surface area (TPSA) is 86.8 Å². The van der Waals surface area contributed by atoms with Crippen molar-refractivity contribution < 1.29 is 22.4 Å². The lowest BCUT2D eigenvalue weighted by atomic mass is 10.0. The van der Waals surface area contributed by atoms with Crippen LogP contribution in [0.3, 0.4) is 0 Å². The molecule has 0 aromatic heterocycles. The number of carbonyl (C=O) groups excluding carboxylic acids is 2. The van der Waals surface area contributed by atoms with Crippen LogP contribution in [0.5, 0.6) is 0 Å². The van der Waals surface area contributed by atoms with Gasteiger partial charge in [-0.15, -0.1) is 0 Å². The summed E-state index contributed by atoms with van der Waals surface area (Å²) in [6, 6.07) is 24.1. The van der Waals surface area contributed by atoms with Gasteiger partial charge in [0.1, 0.15) is 18.4 Å². The molecule has 0 saturated heterocycles. The smallest absolute Gasteiger partial charge is 0.264 e. The summed E-state index contributed by atoms with van der Waals surface area (Å²) in [5.41, 5.74) is 2.31. The Morgan fingerprint density at radius 1 is 0.864 bits per heavy atom. The van der Waals surface area contributed by atoms with Crippen LogP contribution in [0.2, 0.25) is 10.0 Å². The molecule has 4 aromatic rings. The third-order valence-electron chi connectivity index (χ3n) is 7.01. The van der Waals surface area contributed by atoms with Gasteiger partial charge in [-0.2, -0.15) is 0 Å². The van der Waals surface area contributed by atoms with Crippen LogP contribution in [-0.2, 0) is 32.6 Å². The number of benzene rings is 4. The van der Waals surface area contributed by atoms with Crippen molar-refractivity contribution in [1.29, 1.82) is 0 Å². The second kappa shape index (κ2) is 14.7. The molecule has 4 aromatic carbocycles. The van der Waals surface area contributed by atoms with Gasteiger partial charge in [-0.1, -0.05) is 77.3 Å². The average molecular weight is 657 g/mol. The number of nitrogens with one attached hydrogen (secondary N) is 1. The highest BCUT2D eigenvalue weighted by molar-refractivity contribution is 7.92. The van der Waals surface area contributed by atoms with Crippen molar-refractivity contribution >= 4 is 50.7 Å². The van der Waals surface area contributed by atoms with E-state index in [0.29, 0.717) is 22.2 Å². The van der Waals surface area contributed by atoms with E-state index >= 15 is 0 Å². The Bertz CT molecular complexity index is 1680. The van der Waals surface area contributed by atoms with Gasteiger partial charge < -0.3 is 10.2 Å². The quantitative estimate of drug-likeness (QED) is 0.191. The minimum atomic E-state index is -4.35. The Balaban J connectivity index is 1.82. The third-order valence-corrected chi connectivity index (χ3v) is 9.51. The lowest BCUT2D eigenvalue weighted by Gasteiger charge is -2.34. The molecule has 0 heterocycles. The van der Waals surface area contributed by atoms with E-state index in [2.05, 4.69) is 5.32 Å². The number of halogens is 3. The van der Waals surface area contributed by atoms with Gasteiger partial charge in [-0.3, -0.25) is 13.9 Å². The number of sulfonamides is 1. The van der Waals surface area contributed by atoms with Gasteiger partial charge >= 0.3 is 0 Å². The number of hydrogen-bond acceptors (Lipinski definition) is 4. The van der Waals surface area contributed by atoms with Crippen molar-refractivity contribution in [3.05, 3.63) is 130 Å². The molecule has 0 fully saturated rings. The summed E-state index contributed by atoms with van der Waals surface area (Å²) in [6.07, 6.45) is 0.149. The summed E-state index contributed by atoms with van der Waals surface area (Å²) >= 11 is 13.0. The maximum Gasteiger partial charge on any atom is 0.264 e. The number of nitrogens with zero attached hydrogens (tertiary/aromatic N) is 2. The molecule has 7 nitrogen and oxygen atoms in total. The molecule has 4 rings (SSSR count). The molecule has 0 radical (unpaired) electrons. The van der Waals surface area contributed by atoms with Crippen molar-refractivity contribution in [2.45, 2.75) is 37.8 Å². The zero-order chi connectivity index (χ0) is 31.9. The number of amides is 2. The van der Waals surface area contributed by atoms with Crippen LogP contribution in [-0.4, -0.2) is 44.3 Å². The lowest BCUT2D eigenvalue weighted by Crippen LogP contribution is -2.53. The lowest BCUT2D eigenvalue weighted by molar-refractivity contribution is -0.140. The van der Waals surface area contributed by atoms with Crippen LogP contribution >= 0.6 is 23.2 Å². The van der Waals surface area contributed by atoms with E-state index in [0.717, 1.165) is 39.7 Å². The minimum absolute atomic E-state index is 0.149.